The topological polar surface area (TPSA) is 62.7 Å². The molecule has 0 saturated heterocycles. The fourth-order valence-corrected chi connectivity index (χ4v) is 1.69. The molecule has 0 aliphatic rings. The second kappa shape index (κ2) is 5.84. The quantitative estimate of drug-likeness (QED) is 0.901. The average Bonchev–Trinajstić information content (AvgIpc) is 2.28. The van der Waals surface area contributed by atoms with Crippen molar-refractivity contribution in [1.29, 1.82) is 0 Å². The van der Waals surface area contributed by atoms with E-state index >= 15 is 0 Å². The fraction of sp³-hybridized carbons (Fsp3) is 0.182. The monoisotopic (exact) mass is 283 g/mol. The molecule has 0 bridgehead atoms. The number of rotatable bonds is 4. The second-order valence-electron chi connectivity index (χ2n) is 3.42. The highest BCUT2D eigenvalue weighted by Crippen LogP contribution is 2.19. The maximum Gasteiger partial charge on any atom is 0.233 e. The van der Waals surface area contributed by atoms with Crippen LogP contribution in [0.2, 0.25) is 10.3 Å². The summed E-state index contributed by atoms with van der Waals surface area (Å²) in [5.74, 6) is 0.801. The highest BCUT2D eigenvalue weighted by molar-refractivity contribution is 6.30. The van der Waals surface area contributed by atoms with E-state index in [-0.39, 0.29) is 5.28 Å². The molecule has 5 nitrogen and oxygen atoms in total. The lowest BCUT2D eigenvalue weighted by Crippen LogP contribution is -2.06. The van der Waals surface area contributed by atoms with Gasteiger partial charge in [0.2, 0.25) is 17.2 Å². The highest BCUT2D eigenvalue weighted by Gasteiger charge is 2.04. The lowest BCUT2D eigenvalue weighted by atomic mass is 10.3. The molecule has 1 heterocycles. The molecule has 0 spiro atoms. The first-order chi connectivity index (χ1) is 8.67. The van der Waals surface area contributed by atoms with E-state index in [2.05, 4.69) is 25.6 Å². The third-order valence-corrected chi connectivity index (χ3v) is 2.43. The van der Waals surface area contributed by atoms with Gasteiger partial charge in [-0.25, -0.2) is 0 Å². The van der Waals surface area contributed by atoms with Crippen molar-refractivity contribution < 1.29 is 0 Å². The molecule has 0 radical (unpaired) electrons. The van der Waals surface area contributed by atoms with E-state index in [4.69, 9.17) is 23.2 Å². The maximum absolute atomic E-state index is 5.89. The number of halogens is 2. The highest BCUT2D eigenvalue weighted by atomic mass is 35.5. The Labute approximate surface area is 115 Å². The van der Waals surface area contributed by atoms with Gasteiger partial charge in [0.15, 0.2) is 0 Å². The predicted octanol–water partition coefficient (Wildman–Crippen LogP) is 3.35. The smallest absolute Gasteiger partial charge is 0.233 e. The molecule has 2 rings (SSSR count). The van der Waals surface area contributed by atoms with Gasteiger partial charge in [0, 0.05) is 17.3 Å². The van der Waals surface area contributed by atoms with Crippen LogP contribution in [0.3, 0.4) is 0 Å². The van der Waals surface area contributed by atoms with E-state index < -0.39 is 0 Å². The van der Waals surface area contributed by atoms with Crippen molar-refractivity contribution in [3.8, 4) is 0 Å². The number of hydrogen-bond donors (Lipinski definition) is 2. The number of nitrogens with zero attached hydrogens (tertiary/aromatic N) is 3. The minimum absolute atomic E-state index is 0.130. The van der Waals surface area contributed by atoms with Crippen LogP contribution in [0.25, 0.3) is 0 Å². The van der Waals surface area contributed by atoms with Crippen molar-refractivity contribution in [2.45, 2.75) is 6.92 Å². The lowest BCUT2D eigenvalue weighted by molar-refractivity contribution is 1.02. The molecule has 7 heteroatoms. The maximum atomic E-state index is 5.89. The summed E-state index contributed by atoms with van der Waals surface area (Å²) in [6.07, 6.45) is 0. The summed E-state index contributed by atoms with van der Waals surface area (Å²) in [6.45, 7) is 2.65. The van der Waals surface area contributed by atoms with Crippen molar-refractivity contribution in [3.05, 3.63) is 34.6 Å². The summed E-state index contributed by atoms with van der Waals surface area (Å²) >= 11 is 11.7. The zero-order valence-corrected chi connectivity index (χ0v) is 11.1. The Hall–Kier alpha value is -1.59. The molecule has 2 N–H and O–H groups in total. The molecule has 18 heavy (non-hydrogen) atoms. The molecular weight excluding hydrogens is 273 g/mol. The van der Waals surface area contributed by atoms with Crippen LogP contribution in [0.15, 0.2) is 24.3 Å². The van der Waals surface area contributed by atoms with E-state index in [1.54, 1.807) is 12.1 Å². The molecule has 0 aliphatic heterocycles. The zero-order valence-electron chi connectivity index (χ0n) is 9.61. The van der Waals surface area contributed by atoms with Crippen molar-refractivity contribution in [1.82, 2.24) is 15.0 Å². The molecule has 2 aromatic rings. The minimum Gasteiger partial charge on any atom is -0.354 e. The van der Waals surface area contributed by atoms with Gasteiger partial charge < -0.3 is 10.6 Å². The van der Waals surface area contributed by atoms with Gasteiger partial charge in [-0.2, -0.15) is 15.0 Å². The van der Waals surface area contributed by atoms with Crippen molar-refractivity contribution in [2.24, 2.45) is 0 Å². The summed E-state index contributed by atoms with van der Waals surface area (Å²) in [7, 11) is 0. The van der Waals surface area contributed by atoms with Gasteiger partial charge in [0.1, 0.15) is 0 Å². The molecular formula is C11H11Cl2N5. The minimum atomic E-state index is 0.130. The predicted molar refractivity (Wildman–Crippen MR) is 73.7 cm³/mol. The molecule has 1 aromatic carbocycles. The van der Waals surface area contributed by atoms with E-state index in [1.807, 2.05) is 19.1 Å². The average molecular weight is 284 g/mol. The summed E-state index contributed by atoms with van der Waals surface area (Å²) in [5.41, 5.74) is 0.784. The molecule has 0 aliphatic carbocycles. The molecule has 0 atom stereocenters. The van der Waals surface area contributed by atoms with Crippen LogP contribution in [-0.2, 0) is 0 Å². The standard InChI is InChI=1S/C11H11Cl2N5/c1-2-14-10-16-9(13)17-11(18-10)15-8-5-3-4-7(12)6-8/h3-6H,2H2,1H3,(H2,14,15,16,17,18). The molecule has 0 saturated carbocycles. The van der Waals surface area contributed by atoms with E-state index in [9.17, 15) is 0 Å². The SMILES string of the molecule is CCNc1nc(Cl)nc(Nc2cccc(Cl)c2)n1. The molecule has 94 valence electrons. The Morgan fingerprint density at radius 2 is 1.89 bits per heavy atom. The first-order valence-electron chi connectivity index (χ1n) is 5.35. The Morgan fingerprint density at radius 3 is 2.61 bits per heavy atom. The first kappa shape index (κ1) is 12.9. The van der Waals surface area contributed by atoms with Gasteiger partial charge in [0.05, 0.1) is 0 Å². The Bertz CT molecular complexity index is 547. The first-order valence-corrected chi connectivity index (χ1v) is 6.11. The van der Waals surface area contributed by atoms with Gasteiger partial charge >= 0.3 is 0 Å². The molecule has 0 unspecified atom stereocenters. The fourth-order valence-electron chi connectivity index (χ4n) is 1.34. The van der Waals surface area contributed by atoms with Gasteiger partial charge in [-0.3, -0.25) is 0 Å². The van der Waals surface area contributed by atoms with Crippen LogP contribution in [0.1, 0.15) is 6.92 Å². The third kappa shape index (κ3) is 3.45. The number of hydrogen-bond acceptors (Lipinski definition) is 5. The number of benzene rings is 1. The summed E-state index contributed by atoms with van der Waals surface area (Å²) in [6, 6.07) is 7.25. The van der Waals surface area contributed by atoms with Gasteiger partial charge in [-0.1, -0.05) is 17.7 Å². The normalized spacial score (nSPS) is 10.2. The molecule has 1 aromatic heterocycles. The van der Waals surface area contributed by atoms with Gasteiger partial charge in [-0.05, 0) is 36.7 Å². The number of anilines is 3. The van der Waals surface area contributed by atoms with Crippen molar-refractivity contribution in [2.75, 3.05) is 17.2 Å². The van der Waals surface area contributed by atoms with Gasteiger partial charge in [-0.15, -0.1) is 0 Å². The summed E-state index contributed by atoms with van der Waals surface area (Å²) < 4.78 is 0. The second-order valence-corrected chi connectivity index (χ2v) is 4.19. The van der Waals surface area contributed by atoms with Crippen LogP contribution in [0, 0.1) is 0 Å². The molecule has 0 amide bonds. The van der Waals surface area contributed by atoms with Crippen molar-refractivity contribution in [3.63, 3.8) is 0 Å². The third-order valence-electron chi connectivity index (χ3n) is 2.02. The summed E-state index contributed by atoms with van der Waals surface area (Å²) in [4.78, 5) is 12.1. The van der Waals surface area contributed by atoms with Crippen LogP contribution < -0.4 is 10.6 Å². The Morgan fingerprint density at radius 1 is 1.11 bits per heavy atom. The molecule has 0 fully saturated rings. The number of aromatic nitrogens is 3. The Balaban J connectivity index is 2.23. The lowest BCUT2D eigenvalue weighted by Gasteiger charge is -2.07. The largest absolute Gasteiger partial charge is 0.354 e. The van der Waals surface area contributed by atoms with Crippen LogP contribution >= 0.6 is 23.2 Å². The summed E-state index contributed by atoms with van der Waals surface area (Å²) in [5, 5.41) is 6.75. The van der Waals surface area contributed by atoms with E-state index in [0.717, 1.165) is 5.69 Å². The number of nitrogens with one attached hydrogen (secondary N) is 2. The zero-order chi connectivity index (χ0) is 13.0. The van der Waals surface area contributed by atoms with E-state index in [1.165, 1.54) is 0 Å². The van der Waals surface area contributed by atoms with Crippen LogP contribution in [0.4, 0.5) is 17.6 Å². The Kier molecular flexibility index (Phi) is 4.17. The van der Waals surface area contributed by atoms with Gasteiger partial charge in [0.25, 0.3) is 0 Å². The van der Waals surface area contributed by atoms with Crippen molar-refractivity contribution >= 4 is 40.8 Å². The van der Waals surface area contributed by atoms with Crippen LogP contribution in [0.5, 0.6) is 0 Å². The van der Waals surface area contributed by atoms with E-state index in [0.29, 0.717) is 23.5 Å². The van der Waals surface area contributed by atoms with Crippen LogP contribution in [-0.4, -0.2) is 21.5 Å².